The molecule has 0 N–H and O–H groups in total. The first-order chi connectivity index (χ1) is 6.91. The highest BCUT2D eigenvalue weighted by Crippen LogP contribution is 2.24. The fraction of sp³-hybridized carbons (Fsp3) is 1.00. The molecule has 2 nitrogen and oxygen atoms in total. The second kappa shape index (κ2) is 5.26. The molecule has 0 aliphatic carbocycles. The van der Waals surface area contributed by atoms with Gasteiger partial charge < -0.3 is 4.74 Å². The van der Waals surface area contributed by atoms with Gasteiger partial charge in [0.2, 0.25) is 0 Å². The number of likely N-dealkylation sites (N-methyl/N-ethyl adjacent to an activating group) is 1. The van der Waals surface area contributed by atoms with E-state index in [0.717, 1.165) is 0 Å². The van der Waals surface area contributed by atoms with Gasteiger partial charge >= 0.3 is 0 Å². The van der Waals surface area contributed by atoms with Crippen molar-refractivity contribution < 1.29 is 9.13 Å². The summed E-state index contributed by atoms with van der Waals surface area (Å²) in [7, 11) is 1.98. The predicted octanol–water partition coefficient (Wildman–Crippen LogP) is 2.48. The molecule has 0 aromatic carbocycles. The lowest BCUT2D eigenvalue weighted by Gasteiger charge is -2.29. The van der Waals surface area contributed by atoms with Crippen LogP contribution in [0.3, 0.4) is 0 Å². The Labute approximate surface area is 92.8 Å². The maximum atomic E-state index is 13.2. The first-order valence-electron chi connectivity index (χ1n) is 5.91. The van der Waals surface area contributed by atoms with E-state index in [9.17, 15) is 4.39 Å². The average Bonchev–Trinajstić information content (AvgIpc) is 2.44. The number of nitrogens with zero attached hydrogens (tertiary/aromatic N) is 1. The van der Waals surface area contributed by atoms with Crippen LogP contribution in [0.5, 0.6) is 0 Å². The molecular weight excluding hydrogens is 193 g/mol. The van der Waals surface area contributed by atoms with Gasteiger partial charge in [0.05, 0.1) is 12.2 Å². The Kier molecular flexibility index (Phi) is 4.53. The third-order valence-corrected chi connectivity index (χ3v) is 3.46. The Morgan fingerprint density at radius 3 is 2.27 bits per heavy atom. The van der Waals surface area contributed by atoms with Crippen molar-refractivity contribution in [3.8, 4) is 0 Å². The highest BCUT2D eigenvalue weighted by Gasteiger charge is 2.34. The molecule has 1 aliphatic rings. The summed E-state index contributed by atoms with van der Waals surface area (Å²) < 4.78 is 19.1. The van der Waals surface area contributed by atoms with E-state index < -0.39 is 6.17 Å². The van der Waals surface area contributed by atoms with Crippen molar-refractivity contribution >= 4 is 0 Å². The van der Waals surface area contributed by atoms with E-state index in [0.29, 0.717) is 18.9 Å². The molecule has 1 rings (SSSR count). The first kappa shape index (κ1) is 12.9. The summed E-state index contributed by atoms with van der Waals surface area (Å²) in [6.45, 7) is 8.98. The van der Waals surface area contributed by atoms with Crippen LogP contribution >= 0.6 is 0 Å². The largest absolute Gasteiger partial charge is 0.374 e. The number of halogens is 1. The topological polar surface area (TPSA) is 12.5 Å². The average molecular weight is 217 g/mol. The molecule has 0 bridgehead atoms. The van der Waals surface area contributed by atoms with Gasteiger partial charge in [0, 0.05) is 12.6 Å². The summed E-state index contributed by atoms with van der Waals surface area (Å²) >= 11 is 0. The molecule has 0 radical (unpaired) electrons. The molecule has 1 aliphatic heterocycles. The molecule has 0 aromatic heterocycles. The highest BCUT2D eigenvalue weighted by molar-refractivity contribution is 4.87. The van der Waals surface area contributed by atoms with Crippen LogP contribution in [0.1, 0.15) is 34.1 Å². The van der Waals surface area contributed by atoms with E-state index in [1.807, 2.05) is 7.05 Å². The van der Waals surface area contributed by atoms with Crippen molar-refractivity contribution in [3.63, 3.8) is 0 Å². The SMILES string of the molecule is CC(C)[C@@H](C)O[C@@H](C)[C@@H]1C[C@H](F)CN1C. The Morgan fingerprint density at radius 1 is 1.27 bits per heavy atom. The van der Waals surface area contributed by atoms with Gasteiger partial charge in [-0.25, -0.2) is 4.39 Å². The van der Waals surface area contributed by atoms with E-state index in [2.05, 4.69) is 32.6 Å². The molecule has 0 aromatic rings. The molecule has 0 unspecified atom stereocenters. The number of likely N-dealkylation sites (tertiary alicyclic amines) is 1. The van der Waals surface area contributed by atoms with E-state index in [-0.39, 0.29) is 18.2 Å². The molecule has 90 valence electrons. The van der Waals surface area contributed by atoms with Crippen molar-refractivity contribution in [2.45, 2.75) is 58.5 Å². The van der Waals surface area contributed by atoms with E-state index in [1.54, 1.807) is 0 Å². The van der Waals surface area contributed by atoms with Crippen LogP contribution in [-0.2, 0) is 4.74 Å². The fourth-order valence-electron chi connectivity index (χ4n) is 2.10. The summed E-state index contributed by atoms with van der Waals surface area (Å²) in [5.41, 5.74) is 0. The molecule has 0 saturated carbocycles. The molecule has 1 fully saturated rings. The van der Waals surface area contributed by atoms with Gasteiger partial charge in [0.15, 0.2) is 0 Å². The lowest BCUT2D eigenvalue weighted by molar-refractivity contribution is -0.0472. The standard InChI is InChI=1S/C12H24FNO/c1-8(2)9(3)15-10(4)12-6-11(13)7-14(12)5/h8-12H,6-7H2,1-5H3/t9-,10+,11+,12+/m1/s1. The third-order valence-electron chi connectivity index (χ3n) is 3.46. The molecule has 0 amide bonds. The minimum Gasteiger partial charge on any atom is -0.374 e. The minimum atomic E-state index is -0.680. The van der Waals surface area contributed by atoms with Crippen LogP contribution in [0, 0.1) is 5.92 Å². The van der Waals surface area contributed by atoms with Crippen molar-refractivity contribution in [3.05, 3.63) is 0 Å². The van der Waals surface area contributed by atoms with Crippen LogP contribution in [0.4, 0.5) is 4.39 Å². The second-order valence-electron chi connectivity index (χ2n) is 5.13. The van der Waals surface area contributed by atoms with Gasteiger partial charge in [-0.15, -0.1) is 0 Å². The van der Waals surface area contributed by atoms with Gasteiger partial charge in [-0.05, 0) is 33.2 Å². The van der Waals surface area contributed by atoms with Gasteiger partial charge in [0.1, 0.15) is 6.17 Å². The Hall–Kier alpha value is -0.150. The molecule has 1 heterocycles. The van der Waals surface area contributed by atoms with Crippen LogP contribution in [0.2, 0.25) is 0 Å². The van der Waals surface area contributed by atoms with Crippen LogP contribution in [0.25, 0.3) is 0 Å². The summed E-state index contributed by atoms with van der Waals surface area (Å²) in [5, 5.41) is 0. The fourth-order valence-corrected chi connectivity index (χ4v) is 2.10. The zero-order valence-electron chi connectivity index (χ0n) is 10.5. The quantitative estimate of drug-likeness (QED) is 0.717. The first-order valence-corrected chi connectivity index (χ1v) is 5.91. The Balaban J connectivity index is 2.43. The summed E-state index contributed by atoms with van der Waals surface area (Å²) in [6, 6.07) is 0.237. The number of alkyl halides is 1. The minimum absolute atomic E-state index is 0.119. The predicted molar refractivity (Wildman–Crippen MR) is 60.8 cm³/mol. The van der Waals surface area contributed by atoms with Gasteiger partial charge in [-0.3, -0.25) is 4.90 Å². The van der Waals surface area contributed by atoms with E-state index in [1.165, 1.54) is 0 Å². The third kappa shape index (κ3) is 3.42. The normalized spacial score (nSPS) is 32.2. The second-order valence-corrected chi connectivity index (χ2v) is 5.13. The van der Waals surface area contributed by atoms with Crippen LogP contribution in [-0.4, -0.2) is 42.9 Å². The zero-order chi connectivity index (χ0) is 11.6. The van der Waals surface area contributed by atoms with Crippen molar-refractivity contribution in [2.75, 3.05) is 13.6 Å². The number of ether oxygens (including phenoxy) is 1. The summed E-state index contributed by atoms with van der Waals surface area (Å²) in [5.74, 6) is 0.514. The van der Waals surface area contributed by atoms with E-state index in [4.69, 9.17) is 4.74 Å². The molecule has 0 spiro atoms. The van der Waals surface area contributed by atoms with E-state index >= 15 is 0 Å². The maximum absolute atomic E-state index is 13.2. The van der Waals surface area contributed by atoms with Crippen molar-refractivity contribution in [2.24, 2.45) is 5.92 Å². The Morgan fingerprint density at radius 2 is 1.87 bits per heavy atom. The van der Waals surface area contributed by atoms with Crippen molar-refractivity contribution in [1.82, 2.24) is 4.90 Å². The van der Waals surface area contributed by atoms with Gasteiger partial charge in [-0.1, -0.05) is 13.8 Å². The lowest BCUT2D eigenvalue weighted by atomic mass is 10.1. The Bertz CT molecular complexity index is 198. The summed E-state index contributed by atoms with van der Waals surface area (Å²) in [6.07, 6.45) is 0.295. The maximum Gasteiger partial charge on any atom is 0.114 e. The smallest absolute Gasteiger partial charge is 0.114 e. The zero-order valence-corrected chi connectivity index (χ0v) is 10.5. The lowest BCUT2D eigenvalue weighted by Crippen LogP contribution is -2.38. The molecule has 4 atom stereocenters. The number of rotatable bonds is 4. The molecule has 1 saturated heterocycles. The number of hydrogen-bond donors (Lipinski definition) is 0. The van der Waals surface area contributed by atoms with Gasteiger partial charge in [0.25, 0.3) is 0 Å². The molecular formula is C12H24FNO. The van der Waals surface area contributed by atoms with Crippen LogP contribution < -0.4 is 0 Å². The molecule has 3 heteroatoms. The van der Waals surface area contributed by atoms with Crippen molar-refractivity contribution in [1.29, 1.82) is 0 Å². The van der Waals surface area contributed by atoms with Crippen LogP contribution in [0.15, 0.2) is 0 Å². The van der Waals surface area contributed by atoms with Gasteiger partial charge in [-0.2, -0.15) is 0 Å². The summed E-state index contributed by atoms with van der Waals surface area (Å²) in [4.78, 5) is 2.07. The number of hydrogen-bond acceptors (Lipinski definition) is 2. The molecule has 15 heavy (non-hydrogen) atoms. The highest BCUT2D eigenvalue weighted by atomic mass is 19.1. The monoisotopic (exact) mass is 217 g/mol.